The Kier molecular flexibility index (Phi) is 5.33. The van der Waals surface area contributed by atoms with Crippen molar-refractivity contribution in [2.24, 2.45) is 0 Å². The molecule has 8 nitrogen and oxygen atoms in total. The van der Waals surface area contributed by atoms with Crippen LogP contribution in [0.2, 0.25) is 5.02 Å². The third-order valence-electron chi connectivity index (χ3n) is 4.84. The van der Waals surface area contributed by atoms with Crippen LogP contribution in [0.3, 0.4) is 0 Å². The zero-order valence-electron chi connectivity index (χ0n) is 16.3. The van der Waals surface area contributed by atoms with Gasteiger partial charge in [-0.05, 0) is 42.0 Å². The number of halogens is 1. The minimum atomic E-state index is -0.779. The Morgan fingerprint density at radius 3 is 2.60 bits per heavy atom. The van der Waals surface area contributed by atoms with Gasteiger partial charge in [-0.15, -0.1) is 0 Å². The molecule has 0 radical (unpaired) electrons. The summed E-state index contributed by atoms with van der Waals surface area (Å²) in [6.45, 7) is 0. The van der Waals surface area contributed by atoms with Gasteiger partial charge in [0.1, 0.15) is 11.9 Å². The molecule has 0 unspecified atom stereocenters. The van der Waals surface area contributed by atoms with Gasteiger partial charge in [0, 0.05) is 16.3 Å². The SMILES string of the molecule is COc1ccc(-c2cnn3c2NC(=O)C[C@H]3C(=O)Nc2ccc(Cl)cc2)cc1OC. The maximum atomic E-state index is 12.9. The van der Waals surface area contributed by atoms with Crippen LogP contribution in [0.5, 0.6) is 11.5 Å². The Morgan fingerprint density at radius 1 is 1.17 bits per heavy atom. The van der Waals surface area contributed by atoms with E-state index in [9.17, 15) is 9.59 Å². The minimum Gasteiger partial charge on any atom is -0.493 e. The molecule has 0 saturated heterocycles. The smallest absolute Gasteiger partial charge is 0.249 e. The first-order valence-electron chi connectivity index (χ1n) is 9.16. The zero-order valence-corrected chi connectivity index (χ0v) is 17.1. The Morgan fingerprint density at radius 2 is 1.90 bits per heavy atom. The van der Waals surface area contributed by atoms with Crippen molar-refractivity contribution < 1.29 is 19.1 Å². The van der Waals surface area contributed by atoms with Gasteiger partial charge in [-0.1, -0.05) is 17.7 Å². The summed E-state index contributed by atoms with van der Waals surface area (Å²) in [5.41, 5.74) is 2.03. The molecule has 4 rings (SSSR count). The van der Waals surface area contributed by atoms with Gasteiger partial charge in [0.25, 0.3) is 0 Å². The van der Waals surface area contributed by atoms with Gasteiger partial charge in [0.05, 0.1) is 26.8 Å². The second-order valence-electron chi connectivity index (χ2n) is 6.69. The number of anilines is 2. The van der Waals surface area contributed by atoms with E-state index in [1.807, 2.05) is 6.07 Å². The van der Waals surface area contributed by atoms with E-state index in [1.165, 1.54) is 4.68 Å². The predicted molar refractivity (Wildman–Crippen MR) is 113 cm³/mol. The summed E-state index contributed by atoms with van der Waals surface area (Å²) in [7, 11) is 3.11. The maximum Gasteiger partial charge on any atom is 0.249 e. The monoisotopic (exact) mass is 426 g/mol. The number of nitrogens with zero attached hydrogens (tertiary/aromatic N) is 2. The molecule has 2 aromatic carbocycles. The zero-order chi connectivity index (χ0) is 21.3. The van der Waals surface area contributed by atoms with Gasteiger partial charge in [0.15, 0.2) is 11.5 Å². The van der Waals surface area contributed by atoms with Crippen molar-refractivity contribution in [3.05, 3.63) is 53.7 Å². The number of hydrogen-bond donors (Lipinski definition) is 2. The van der Waals surface area contributed by atoms with E-state index < -0.39 is 6.04 Å². The van der Waals surface area contributed by atoms with Crippen molar-refractivity contribution >= 4 is 34.9 Å². The first-order chi connectivity index (χ1) is 14.5. The molecule has 0 spiro atoms. The van der Waals surface area contributed by atoms with E-state index in [2.05, 4.69) is 15.7 Å². The lowest BCUT2D eigenvalue weighted by atomic mass is 10.1. The van der Waals surface area contributed by atoms with Gasteiger partial charge in [-0.3, -0.25) is 9.59 Å². The molecule has 1 aliphatic heterocycles. The number of methoxy groups -OCH3 is 2. The van der Waals surface area contributed by atoms with Crippen molar-refractivity contribution in [2.45, 2.75) is 12.5 Å². The first-order valence-corrected chi connectivity index (χ1v) is 9.54. The molecule has 0 saturated carbocycles. The van der Waals surface area contributed by atoms with E-state index >= 15 is 0 Å². The Hall–Kier alpha value is -3.52. The molecule has 154 valence electrons. The van der Waals surface area contributed by atoms with Crippen LogP contribution in [-0.4, -0.2) is 35.8 Å². The number of aromatic nitrogens is 2. The second kappa shape index (κ2) is 8.08. The Bertz CT molecular complexity index is 1110. The lowest BCUT2D eigenvalue weighted by Crippen LogP contribution is -2.35. The number of carbonyl (C=O) groups excluding carboxylic acids is 2. The van der Waals surface area contributed by atoms with Gasteiger partial charge in [0.2, 0.25) is 11.8 Å². The summed E-state index contributed by atoms with van der Waals surface area (Å²) in [5.74, 6) is 0.992. The van der Waals surface area contributed by atoms with Crippen LogP contribution in [-0.2, 0) is 9.59 Å². The fourth-order valence-corrected chi connectivity index (χ4v) is 3.47. The van der Waals surface area contributed by atoms with Crippen molar-refractivity contribution in [1.82, 2.24) is 9.78 Å². The van der Waals surface area contributed by atoms with Gasteiger partial charge in [-0.25, -0.2) is 4.68 Å². The quantitative estimate of drug-likeness (QED) is 0.648. The van der Waals surface area contributed by atoms with Crippen molar-refractivity contribution in [3.63, 3.8) is 0 Å². The summed E-state index contributed by atoms with van der Waals surface area (Å²) in [5, 5.41) is 10.6. The molecule has 2 heterocycles. The van der Waals surface area contributed by atoms with Crippen LogP contribution in [0.1, 0.15) is 12.5 Å². The van der Waals surface area contributed by atoms with E-state index in [-0.39, 0.29) is 18.2 Å². The van der Waals surface area contributed by atoms with Crippen LogP contribution < -0.4 is 20.1 Å². The fourth-order valence-electron chi connectivity index (χ4n) is 3.35. The van der Waals surface area contributed by atoms with E-state index in [4.69, 9.17) is 21.1 Å². The highest BCUT2D eigenvalue weighted by Crippen LogP contribution is 2.38. The predicted octanol–water partition coefficient (Wildman–Crippen LogP) is 3.74. The highest BCUT2D eigenvalue weighted by molar-refractivity contribution is 6.30. The molecule has 1 aromatic heterocycles. The first kappa shape index (κ1) is 19.8. The lowest BCUT2D eigenvalue weighted by Gasteiger charge is -2.24. The van der Waals surface area contributed by atoms with E-state index in [0.717, 1.165) is 5.56 Å². The highest BCUT2D eigenvalue weighted by Gasteiger charge is 2.33. The van der Waals surface area contributed by atoms with Crippen LogP contribution >= 0.6 is 11.6 Å². The largest absolute Gasteiger partial charge is 0.493 e. The number of nitrogens with one attached hydrogen (secondary N) is 2. The third-order valence-corrected chi connectivity index (χ3v) is 5.09. The van der Waals surface area contributed by atoms with Crippen molar-refractivity contribution in [3.8, 4) is 22.6 Å². The number of fused-ring (bicyclic) bond motifs is 1. The molecule has 1 atom stereocenters. The summed E-state index contributed by atoms with van der Waals surface area (Å²) in [6.07, 6.45) is 1.60. The lowest BCUT2D eigenvalue weighted by molar-refractivity contribution is -0.125. The molecule has 0 bridgehead atoms. The number of rotatable bonds is 5. The van der Waals surface area contributed by atoms with E-state index in [0.29, 0.717) is 33.6 Å². The molecular formula is C21H19ClN4O4. The Labute approximate surface area is 177 Å². The Balaban J connectivity index is 1.66. The topological polar surface area (TPSA) is 94.5 Å². The average molecular weight is 427 g/mol. The molecule has 0 aliphatic carbocycles. The molecule has 0 fully saturated rings. The third kappa shape index (κ3) is 3.69. The van der Waals surface area contributed by atoms with Crippen LogP contribution in [0.15, 0.2) is 48.7 Å². The van der Waals surface area contributed by atoms with Crippen LogP contribution in [0.25, 0.3) is 11.1 Å². The standard InChI is InChI=1S/C21H19ClN4O4/c1-29-17-8-3-12(9-18(17)30-2)15-11-23-26-16(10-19(27)25-20(15)26)21(28)24-14-6-4-13(22)5-7-14/h3-9,11,16H,10H2,1-2H3,(H,24,28)(H,25,27)/t16-/m0/s1. The molecule has 30 heavy (non-hydrogen) atoms. The number of ether oxygens (including phenoxy) is 2. The van der Waals surface area contributed by atoms with E-state index in [1.54, 1.807) is 56.8 Å². The normalized spacial score (nSPS) is 15.2. The number of benzene rings is 2. The van der Waals surface area contributed by atoms with Gasteiger partial charge >= 0.3 is 0 Å². The second-order valence-corrected chi connectivity index (χ2v) is 7.12. The van der Waals surface area contributed by atoms with Crippen molar-refractivity contribution in [1.29, 1.82) is 0 Å². The molecule has 3 aromatic rings. The number of carbonyl (C=O) groups is 2. The molecule has 9 heteroatoms. The summed E-state index contributed by atoms with van der Waals surface area (Å²) in [6, 6.07) is 11.4. The molecule has 2 amide bonds. The number of amides is 2. The van der Waals surface area contributed by atoms with Crippen LogP contribution in [0.4, 0.5) is 11.5 Å². The van der Waals surface area contributed by atoms with Gasteiger partial charge in [-0.2, -0.15) is 5.10 Å². The fraction of sp³-hybridized carbons (Fsp3) is 0.190. The molecule has 2 N–H and O–H groups in total. The maximum absolute atomic E-state index is 12.9. The minimum absolute atomic E-state index is 0.0144. The molecule has 1 aliphatic rings. The number of hydrogen-bond acceptors (Lipinski definition) is 5. The van der Waals surface area contributed by atoms with Gasteiger partial charge < -0.3 is 20.1 Å². The highest BCUT2D eigenvalue weighted by atomic mass is 35.5. The summed E-state index contributed by atoms with van der Waals surface area (Å²) in [4.78, 5) is 25.2. The summed E-state index contributed by atoms with van der Waals surface area (Å²) < 4.78 is 12.2. The average Bonchev–Trinajstić information content (AvgIpc) is 3.17. The van der Waals surface area contributed by atoms with Crippen LogP contribution in [0, 0.1) is 0 Å². The molecular weight excluding hydrogens is 408 g/mol. The van der Waals surface area contributed by atoms with Crippen molar-refractivity contribution in [2.75, 3.05) is 24.9 Å². The summed E-state index contributed by atoms with van der Waals surface area (Å²) >= 11 is 5.89.